The smallest absolute Gasteiger partial charge is 0.408 e. The molecule has 2 atom stereocenters. The SMILES string of the molecule is CCCN(C(=O)C(Cc1ccc(O)cc1)NC(=O)OC(C)(C)C)C(C(=O)Nc1c(C)cccc1Cl)c1ccc(O)cc1. The predicted octanol–water partition coefficient (Wildman–Crippen LogP) is 6.11. The molecule has 0 aliphatic heterocycles. The summed E-state index contributed by atoms with van der Waals surface area (Å²) in [5.41, 5.74) is 1.49. The van der Waals surface area contributed by atoms with Gasteiger partial charge in [0.2, 0.25) is 5.91 Å². The van der Waals surface area contributed by atoms with Crippen LogP contribution in [0.4, 0.5) is 10.5 Å². The van der Waals surface area contributed by atoms with Gasteiger partial charge in [0.05, 0.1) is 10.7 Å². The third kappa shape index (κ3) is 8.88. The van der Waals surface area contributed by atoms with Gasteiger partial charge in [0.15, 0.2) is 0 Å². The number of carbonyl (C=O) groups is 3. The molecule has 0 spiro atoms. The number of ether oxygens (including phenoxy) is 1. The van der Waals surface area contributed by atoms with Crippen LogP contribution in [-0.4, -0.2) is 51.2 Å². The summed E-state index contributed by atoms with van der Waals surface area (Å²) in [7, 11) is 0. The Bertz CT molecular complexity index is 1370. The Morgan fingerprint density at radius 2 is 1.55 bits per heavy atom. The van der Waals surface area contributed by atoms with Gasteiger partial charge in [-0.15, -0.1) is 0 Å². The van der Waals surface area contributed by atoms with Crippen LogP contribution < -0.4 is 10.6 Å². The molecule has 0 radical (unpaired) electrons. The van der Waals surface area contributed by atoms with Crippen molar-refractivity contribution in [1.29, 1.82) is 0 Å². The van der Waals surface area contributed by atoms with Gasteiger partial charge in [-0.2, -0.15) is 0 Å². The van der Waals surface area contributed by atoms with Crippen molar-refractivity contribution < 1.29 is 29.3 Å². The van der Waals surface area contributed by atoms with Crippen molar-refractivity contribution in [3.63, 3.8) is 0 Å². The highest BCUT2D eigenvalue weighted by Gasteiger charge is 2.36. The van der Waals surface area contributed by atoms with Crippen LogP contribution in [0.25, 0.3) is 0 Å². The van der Waals surface area contributed by atoms with E-state index in [9.17, 15) is 24.6 Å². The molecule has 3 aromatic carbocycles. The number of para-hydroxylation sites is 1. The fourth-order valence-corrected chi connectivity index (χ4v) is 4.71. The first-order valence-corrected chi connectivity index (χ1v) is 14.1. The van der Waals surface area contributed by atoms with E-state index < -0.39 is 35.6 Å². The average Bonchev–Trinajstić information content (AvgIpc) is 2.91. The standard InChI is InChI=1S/C32H38ClN3O6/c1-6-18-36(30(40)26(34-31(41)42-32(3,4)5)19-21-10-14-23(37)15-11-21)28(22-12-16-24(38)17-13-22)29(39)35-27-20(2)8-7-9-25(27)33/h7-17,26,28,37-38H,6,18-19H2,1-5H3,(H,34,41)(H,35,39). The summed E-state index contributed by atoms with van der Waals surface area (Å²) in [4.78, 5) is 42.6. The molecule has 2 unspecified atom stereocenters. The van der Waals surface area contributed by atoms with Gasteiger partial charge in [-0.25, -0.2) is 4.79 Å². The minimum absolute atomic E-state index is 0.00465. The van der Waals surface area contributed by atoms with Crippen LogP contribution in [0.3, 0.4) is 0 Å². The molecule has 0 bridgehead atoms. The van der Waals surface area contributed by atoms with E-state index >= 15 is 0 Å². The normalized spacial score (nSPS) is 12.6. The first-order valence-electron chi connectivity index (χ1n) is 13.7. The van der Waals surface area contributed by atoms with Gasteiger partial charge in [0.25, 0.3) is 5.91 Å². The number of phenols is 2. The van der Waals surface area contributed by atoms with Crippen molar-refractivity contribution in [2.24, 2.45) is 0 Å². The van der Waals surface area contributed by atoms with Gasteiger partial charge in [-0.05, 0) is 81.1 Å². The van der Waals surface area contributed by atoms with Crippen molar-refractivity contribution in [3.8, 4) is 11.5 Å². The number of carbonyl (C=O) groups excluding carboxylic acids is 3. The molecular weight excluding hydrogens is 558 g/mol. The maximum Gasteiger partial charge on any atom is 0.408 e. The van der Waals surface area contributed by atoms with E-state index in [1.165, 1.54) is 29.2 Å². The highest BCUT2D eigenvalue weighted by Crippen LogP contribution is 2.30. The lowest BCUT2D eigenvalue weighted by Crippen LogP contribution is -2.53. The van der Waals surface area contributed by atoms with Gasteiger partial charge in [-0.3, -0.25) is 9.59 Å². The van der Waals surface area contributed by atoms with Crippen molar-refractivity contribution in [1.82, 2.24) is 10.2 Å². The van der Waals surface area contributed by atoms with Crippen LogP contribution in [-0.2, 0) is 20.7 Å². The maximum absolute atomic E-state index is 14.3. The predicted molar refractivity (Wildman–Crippen MR) is 163 cm³/mol. The minimum atomic E-state index is -1.13. The molecule has 3 aromatic rings. The summed E-state index contributed by atoms with van der Waals surface area (Å²) >= 11 is 6.40. The zero-order valence-corrected chi connectivity index (χ0v) is 25.2. The van der Waals surface area contributed by atoms with Crippen LogP contribution in [0.15, 0.2) is 66.7 Å². The quantitative estimate of drug-likeness (QED) is 0.224. The van der Waals surface area contributed by atoms with Gasteiger partial charge < -0.3 is 30.5 Å². The summed E-state index contributed by atoms with van der Waals surface area (Å²) in [5, 5.41) is 25.6. The molecule has 10 heteroatoms. The molecule has 0 heterocycles. The van der Waals surface area contributed by atoms with Gasteiger partial charge in [-0.1, -0.05) is 54.9 Å². The zero-order chi connectivity index (χ0) is 31.0. The lowest BCUT2D eigenvalue weighted by Gasteiger charge is -2.34. The molecule has 0 aliphatic carbocycles. The third-order valence-corrected chi connectivity index (χ3v) is 6.67. The second-order valence-corrected chi connectivity index (χ2v) is 11.4. The fourth-order valence-electron chi connectivity index (χ4n) is 4.44. The molecule has 3 rings (SSSR count). The van der Waals surface area contributed by atoms with Crippen LogP contribution >= 0.6 is 11.6 Å². The number of rotatable bonds is 10. The largest absolute Gasteiger partial charge is 0.508 e. The number of anilines is 1. The number of aryl methyl sites for hydroxylation is 1. The molecule has 0 fully saturated rings. The summed E-state index contributed by atoms with van der Waals surface area (Å²) in [6, 6.07) is 15.3. The third-order valence-electron chi connectivity index (χ3n) is 6.35. The Labute approximate surface area is 251 Å². The highest BCUT2D eigenvalue weighted by atomic mass is 35.5. The molecule has 0 aromatic heterocycles. The van der Waals surface area contributed by atoms with Gasteiger partial charge in [0.1, 0.15) is 29.2 Å². The van der Waals surface area contributed by atoms with Crippen molar-refractivity contribution in [2.75, 3.05) is 11.9 Å². The topological polar surface area (TPSA) is 128 Å². The molecular formula is C32H38ClN3O6. The van der Waals surface area contributed by atoms with Crippen molar-refractivity contribution >= 4 is 35.2 Å². The van der Waals surface area contributed by atoms with Crippen LogP contribution in [0.5, 0.6) is 11.5 Å². The Balaban J connectivity index is 2.06. The maximum atomic E-state index is 14.3. The number of nitrogens with one attached hydrogen (secondary N) is 2. The monoisotopic (exact) mass is 595 g/mol. The Kier molecular flexibility index (Phi) is 10.8. The fraction of sp³-hybridized carbons (Fsp3) is 0.344. The molecule has 4 N–H and O–H groups in total. The van der Waals surface area contributed by atoms with E-state index in [0.717, 1.165) is 5.56 Å². The first-order chi connectivity index (χ1) is 19.8. The number of benzene rings is 3. The molecule has 0 saturated heterocycles. The first kappa shape index (κ1) is 32.3. The average molecular weight is 596 g/mol. The minimum Gasteiger partial charge on any atom is -0.508 e. The van der Waals surface area contributed by atoms with E-state index in [2.05, 4.69) is 10.6 Å². The second-order valence-electron chi connectivity index (χ2n) is 11.0. The summed E-state index contributed by atoms with van der Waals surface area (Å²) in [6.07, 6.45) is -0.197. The second kappa shape index (κ2) is 14.1. The zero-order valence-electron chi connectivity index (χ0n) is 24.5. The van der Waals surface area contributed by atoms with Gasteiger partial charge >= 0.3 is 6.09 Å². The Morgan fingerprint density at radius 3 is 2.10 bits per heavy atom. The van der Waals surface area contributed by atoms with Crippen LogP contribution in [0.2, 0.25) is 5.02 Å². The summed E-state index contributed by atoms with van der Waals surface area (Å²) < 4.78 is 5.44. The molecule has 3 amide bonds. The lowest BCUT2D eigenvalue weighted by molar-refractivity contribution is -0.140. The summed E-state index contributed by atoms with van der Waals surface area (Å²) in [6.45, 7) is 9.02. The van der Waals surface area contributed by atoms with E-state index in [0.29, 0.717) is 28.3 Å². The Hall–Kier alpha value is -4.24. The molecule has 42 heavy (non-hydrogen) atoms. The summed E-state index contributed by atoms with van der Waals surface area (Å²) in [5.74, 6) is -0.961. The molecule has 224 valence electrons. The van der Waals surface area contributed by atoms with Crippen LogP contribution in [0.1, 0.15) is 56.8 Å². The number of halogens is 1. The van der Waals surface area contributed by atoms with Crippen molar-refractivity contribution in [3.05, 3.63) is 88.4 Å². The van der Waals surface area contributed by atoms with E-state index in [1.54, 1.807) is 57.2 Å². The van der Waals surface area contributed by atoms with Crippen molar-refractivity contribution in [2.45, 2.75) is 65.1 Å². The number of aromatic hydroxyl groups is 2. The molecule has 0 saturated carbocycles. The number of hydrogen-bond acceptors (Lipinski definition) is 6. The number of phenolic OH excluding ortho intramolecular Hbond substituents is 2. The number of hydrogen-bond donors (Lipinski definition) is 4. The highest BCUT2D eigenvalue weighted by molar-refractivity contribution is 6.34. The van der Waals surface area contributed by atoms with E-state index in [-0.39, 0.29) is 24.5 Å². The lowest BCUT2D eigenvalue weighted by atomic mass is 9.99. The van der Waals surface area contributed by atoms with Gasteiger partial charge in [0, 0.05) is 13.0 Å². The Morgan fingerprint density at radius 1 is 0.952 bits per heavy atom. The molecule has 0 aliphatic rings. The number of amides is 3. The van der Waals surface area contributed by atoms with E-state index in [4.69, 9.17) is 16.3 Å². The number of nitrogens with zero attached hydrogens (tertiary/aromatic N) is 1. The number of alkyl carbamates (subject to hydrolysis) is 1. The van der Waals surface area contributed by atoms with E-state index in [1.807, 2.05) is 19.9 Å². The van der Waals surface area contributed by atoms with Crippen LogP contribution in [0, 0.1) is 6.92 Å². The molecule has 9 nitrogen and oxygen atoms in total.